The zero-order chi connectivity index (χ0) is 24.1. The van der Waals surface area contributed by atoms with Crippen LogP contribution in [0.25, 0.3) is 0 Å². The molecule has 9 heteroatoms. The number of ether oxygens (including phenoxy) is 1. The summed E-state index contributed by atoms with van der Waals surface area (Å²) in [5.41, 5.74) is 2.87. The van der Waals surface area contributed by atoms with Crippen molar-refractivity contribution in [2.75, 3.05) is 38.0 Å². The van der Waals surface area contributed by atoms with E-state index in [-0.39, 0.29) is 18.4 Å². The molecular weight excluding hydrogens is 456 g/mol. The number of piperazine rings is 1. The van der Waals surface area contributed by atoms with Crippen LogP contribution in [0.2, 0.25) is 5.02 Å². The number of benzene rings is 2. The van der Waals surface area contributed by atoms with E-state index in [1.807, 2.05) is 43.0 Å². The SMILES string of the molecule is Cc1noc(C)c1COc1cccc(C(=O)N2CCN(CC(=O)Nc3ccccc3Cl)CC2)c1. The Hall–Kier alpha value is -3.36. The molecule has 0 radical (unpaired) electrons. The highest BCUT2D eigenvalue weighted by molar-refractivity contribution is 6.33. The van der Waals surface area contributed by atoms with Gasteiger partial charge in [0, 0.05) is 31.7 Å². The van der Waals surface area contributed by atoms with Crippen LogP contribution in [0.3, 0.4) is 0 Å². The monoisotopic (exact) mass is 482 g/mol. The predicted octanol–water partition coefficient (Wildman–Crippen LogP) is 3.92. The number of hydrogen-bond donors (Lipinski definition) is 1. The van der Waals surface area contributed by atoms with Crippen LogP contribution in [0.1, 0.15) is 27.4 Å². The van der Waals surface area contributed by atoms with Crippen LogP contribution < -0.4 is 10.1 Å². The summed E-state index contributed by atoms with van der Waals surface area (Å²) in [6.45, 7) is 6.61. The number of anilines is 1. The average Bonchev–Trinajstić information content (AvgIpc) is 3.16. The fourth-order valence-corrected chi connectivity index (χ4v) is 4.01. The first-order chi connectivity index (χ1) is 16.4. The molecule has 0 aliphatic carbocycles. The smallest absolute Gasteiger partial charge is 0.254 e. The number of aryl methyl sites for hydroxylation is 2. The molecule has 1 fully saturated rings. The van der Waals surface area contributed by atoms with E-state index in [0.29, 0.717) is 54.8 Å². The molecule has 0 bridgehead atoms. The van der Waals surface area contributed by atoms with Gasteiger partial charge >= 0.3 is 0 Å². The van der Waals surface area contributed by atoms with Gasteiger partial charge in [-0.3, -0.25) is 14.5 Å². The standard InChI is InChI=1S/C25H27ClN4O4/c1-17-21(18(2)34-28-17)16-33-20-7-5-6-19(14-20)25(32)30-12-10-29(11-13-30)15-24(31)27-23-9-4-3-8-22(23)26/h3-9,14H,10-13,15-16H2,1-2H3,(H,27,31). The normalized spacial score (nSPS) is 14.1. The lowest BCUT2D eigenvalue weighted by molar-refractivity contribution is -0.117. The molecule has 0 saturated carbocycles. The van der Waals surface area contributed by atoms with Gasteiger partial charge in [0.25, 0.3) is 5.91 Å². The molecule has 1 aromatic heterocycles. The molecule has 1 aliphatic heterocycles. The maximum Gasteiger partial charge on any atom is 0.254 e. The number of para-hydroxylation sites is 1. The number of halogens is 1. The van der Waals surface area contributed by atoms with Gasteiger partial charge in [0.15, 0.2) is 0 Å². The Morgan fingerprint density at radius 3 is 2.56 bits per heavy atom. The van der Waals surface area contributed by atoms with E-state index < -0.39 is 0 Å². The lowest BCUT2D eigenvalue weighted by atomic mass is 10.1. The molecule has 1 aliphatic rings. The van der Waals surface area contributed by atoms with Crippen LogP contribution in [-0.4, -0.2) is 59.5 Å². The summed E-state index contributed by atoms with van der Waals surface area (Å²) in [7, 11) is 0. The van der Waals surface area contributed by atoms with Gasteiger partial charge in [-0.25, -0.2) is 0 Å². The topological polar surface area (TPSA) is 87.9 Å². The van der Waals surface area contributed by atoms with Crippen molar-refractivity contribution < 1.29 is 18.8 Å². The molecule has 4 rings (SSSR count). The second kappa shape index (κ2) is 10.7. The molecule has 3 aromatic rings. The Morgan fingerprint density at radius 2 is 1.85 bits per heavy atom. The van der Waals surface area contributed by atoms with E-state index in [2.05, 4.69) is 10.5 Å². The van der Waals surface area contributed by atoms with Crippen molar-refractivity contribution in [1.82, 2.24) is 15.0 Å². The van der Waals surface area contributed by atoms with Gasteiger partial charge in [0.1, 0.15) is 18.1 Å². The number of aromatic nitrogens is 1. The minimum Gasteiger partial charge on any atom is -0.489 e. The first-order valence-corrected chi connectivity index (χ1v) is 11.5. The lowest BCUT2D eigenvalue weighted by Crippen LogP contribution is -2.50. The molecule has 2 aromatic carbocycles. The van der Waals surface area contributed by atoms with E-state index in [0.717, 1.165) is 17.0 Å². The van der Waals surface area contributed by atoms with Gasteiger partial charge in [-0.1, -0.05) is 35.0 Å². The molecule has 2 heterocycles. The van der Waals surface area contributed by atoms with Gasteiger partial charge < -0.3 is 19.5 Å². The number of carbonyl (C=O) groups excluding carboxylic acids is 2. The third-order valence-electron chi connectivity index (χ3n) is 5.82. The quantitative estimate of drug-likeness (QED) is 0.549. The van der Waals surface area contributed by atoms with Crippen LogP contribution >= 0.6 is 11.6 Å². The minimum atomic E-state index is -0.129. The van der Waals surface area contributed by atoms with Crippen molar-refractivity contribution in [3.63, 3.8) is 0 Å². The second-order valence-corrected chi connectivity index (χ2v) is 8.62. The maximum atomic E-state index is 13.0. The molecule has 0 atom stereocenters. The number of nitrogens with one attached hydrogen (secondary N) is 1. The van der Waals surface area contributed by atoms with Crippen LogP contribution in [0, 0.1) is 13.8 Å². The van der Waals surface area contributed by atoms with E-state index in [1.54, 1.807) is 29.2 Å². The van der Waals surface area contributed by atoms with Gasteiger partial charge in [-0.2, -0.15) is 0 Å². The highest BCUT2D eigenvalue weighted by atomic mass is 35.5. The number of amides is 2. The zero-order valence-electron chi connectivity index (χ0n) is 19.2. The summed E-state index contributed by atoms with van der Waals surface area (Å²) in [6, 6.07) is 14.3. The molecule has 2 amide bonds. The Balaban J connectivity index is 1.28. The van der Waals surface area contributed by atoms with Crippen molar-refractivity contribution in [3.8, 4) is 5.75 Å². The van der Waals surface area contributed by atoms with Crippen LogP contribution in [0.5, 0.6) is 5.75 Å². The Morgan fingerprint density at radius 1 is 1.09 bits per heavy atom. The third-order valence-corrected chi connectivity index (χ3v) is 6.15. The van der Waals surface area contributed by atoms with Crippen molar-refractivity contribution in [2.24, 2.45) is 0 Å². The van der Waals surface area contributed by atoms with Crippen molar-refractivity contribution in [3.05, 3.63) is 76.1 Å². The molecular formula is C25H27ClN4O4. The summed E-state index contributed by atoms with van der Waals surface area (Å²) in [5.74, 6) is 1.16. The second-order valence-electron chi connectivity index (χ2n) is 8.22. The molecule has 1 N–H and O–H groups in total. The summed E-state index contributed by atoms with van der Waals surface area (Å²) in [4.78, 5) is 29.2. The van der Waals surface area contributed by atoms with Crippen LogP contribution in [0.15, 0.2) is 53.1 Å². The number of rotatable bonds is 7. The Labute approximate surface area is 203 Å². The number of hydrogen-bond acceptors (Lipinski definition) is 6. The van der Waals surface area contributed by atoms with E-state index in [4.69, 9.17) is 20.9 Å². The molecule has 178 valence electrons. The summed E-state index contributed by atoms with van der Waals surface area (Å²) < 4.78 is 11.0. The molecule has 8 nitrogen and oxygen atoms in total. The first-order valence-electron chi connectivity index (χ1n) is 11.1. The highest BCUT2D eigenvalue weighted by Gasteiger charge is 2.24. The fourth-order valence-electron chi connectivity index (χ4n) is 3.83. The summed E-state index contributed by atoms with van der Waals surface area (Å²) in [5, 5.41) is 7.27. The van der Waals surface area contributed by atoms with E-state index in [1.165, 1.54) is 0 Å². The lowest BCUT2D eigenvalue weighted by Gasteiger charge is -2.34. The molecule has 1 saturated heterocycles. The van der Waals surface area contributed by atoms with Crippen LogP contribution in [0.4, 0.5) is 5.69 Å². The minimum absolute atomic E-state index is 0.0528. The molecule has 34 heavy (non-hydrogen) atoms. The van der Waals surface area contributed by atoms with Gasteiger partial charge in [0.05, 0.1) is 28.5 Å². The van der Waals surface area contributed by atoms with Crippen molar-refractivity contribution in [1.29, 1.82) is 0 Å². The van der Waals surface area contributed by atoms with E-state index >= 15 is 0 Å². The Kier molecular flexibility index (Phi) is 7.49. The van der Waals surface area contributed by atoms with Crippen molar-refractivity contribution >= 4 is 29.1 Å². The first kappa shape index (κ1) is 23.8. The van der Waals surface area contributed by atoms with Crippen LogP contribution in [-0.2, 0) is 11.4 Å². The number of nitrogens with zero attached hydrogens (tertiary/aromatic N) is 3. The fraction of sp³-hybridized carbons (Fsp3) is 0.320. The third kappa shape index (κ3) is 5.76. The average molecular weight is 483 g/mol. The summed E-state index contributed by atoms with van der Waals surface area (Å²) >= 11 is 6.11. The summed E-state index contributed by atoms with van der Waals surface area (Å²) in [6.07, 6.45) is 0. The predicted molar refractivity (Wildman–Crippen MR) is 129 cm³/mol. The van der Waals surface area contributed by atoms with Gasteiger partial charge in [-0.15, -0.1) is 0 Å². The largest absolute Gasteiger partial charge is 0.489 e. The van der Waals surface area contributed by atoms with E-state index in [9.17, 15) is 9.59 Å². The van der Waals surface area contributed by atoms with Gasteiger partial charge in [-0.05, 0) is 44.2 Å². The number of carbonyl (C=O) groups is 2. The molecule has 0 unspecified atom stereocenters. The van der Waals surface area contributed by atoms with Crippen molar-refractivity contribution in [2.45, 2.75) is 20.5 Å². The highest BCUT2D eigenvalue weighted by Crippen LogP contribution is 2.21. The maximum absolute atomic E-state index is 13.0. The van der Waals surface area contributed by atoms with Gasteiger partial charge in [0.2, 0.25) is 5.91 Å². The zero-order valence-corrected chi connectivity index (χ0v) is 20.0. The Bertz CT molecular complexity index is 1150. The molecule has 0 spiro atoms.